The number of carboxylic acid groups (broad SMARTS) is 2. The smallest absolute Gasteiger partial charge is 0.326 e. The van der Waals surface area contributed by atoms with E-state index < -0.39 is 100 Å². The number of carbonyl (C=O) groups is 8. The van der Waals surface area contributed by atoms with Gasteiger partial charge in [0.05, 0.1) is 12.1 Å². The summed E-state index contributed by atoms with van der Waals surface area (Å²) in [6.45, 7) is 7.02. The molecule has 2 aromatic rings. The van der Waals surface area contributed by atoms with E-state index in [2.05, 4.69) is 25.7 Å². The summed E-state index contributed by atoms with van der Waals surface area (Å²) in [7, 11) is -2.90. The second-order valence-electron chi connectivity index (χ2n) is 16.4. The second kappa shape index (κ2) is 24.5. The average molecular weight is 931 g/mol. The first-order valence-corrected chi connectivity index (χ1v) is 22.8. The summed E-state index contributed by atoms with van der Waals surface area (Å²) in [5, 5.41) is 28.4. The maximum atomic E-state index is 14.0. The Morgan fingerprint density at radius 1 is 0.877 bits per heavy atom. The quantitative estimate of drug-likeness (QED) is 0.0350. The molecule has 358 valence electrons. The lowest BCUT2D eigenvalue weighted by molar-refractivity contribution is -0.146. The van der Waals surface area contributed by atoms with Crippen molar-refractivity contribution < 1.29 is 57.0 Å². The minimum Gasteiger partial charge on any atom is -0.481 e. The van der Waals surface area contributed by atoms with Gasteiger partial charge in [-0.2, -0.15) is 8.42 Å². The van der Waals surface area contributed by atoms with E-state index in [0.29, 0.717) is 6.42 Å². The fourth-order valence-electron chi connectivity index (χ4n) is 7.29. The first-order chi connectivity index (χ1) is 30.5. The van der Waals surface area contributed by atoms with Crippen molar-refractivity contribution in [1.29, 1.82) is 0 Å². The molecular formula is C42H62N10O12S. The molecule has 23 heteroatoms. The molecule has 1 aliphatic heterocycles. The Hall–Kier alpha value is -6.52. The van der Waals surface area contributed by atoms with Crippen molar-refractivity contribution in [1.82, 2.24) is 30.5 Å². The second-order valence-corrected chi connectivity index (χ2v) is 17.8. The number of nitrogens with zero attached hydrogens (tertiary/aromatic N) is 3. The number of nitrogens with two attached hydrogens (primary N) is 2. The van der Waals surface area contributed by atoms with Gasteiger partial charge in [-0.1, -0.05) is 64.4 Å². The molecule has 0 bridgehead atoms. The van der Waals surface area contributed by atoms with E-state index in [-0.39, 0.29) is 75.6 Å². The number of amides is 6. The fraction of sp³-hybridized carbons (Fsp3) is 0.548. The Balaban J connectivity index is 1.66. The molecule has 22 nitrogen and oxygen atoms in total. The van der Waals surface area contributed by atoms with Crippen LogP contribution >= 0.6 is 0 Å². The molecule has 0 aromatic heterocycles. The van der Waals surface area contributed by atoms with Crippen LogP contribution in [0.15, 0.2) is 47.5 Å². The van der Waals surface area contributed by atoms with Gasteiger partial charge in [0.15, 0.2) is 5.96 Å². The molecule has 3 unspecified atom stereocenters. The maximum Gasteiger partial charge on any atom is 0.326 e. The highest BCUT2D eigenvalue weighted by Gasteiger charge is 2.44. The minimum absolute atomic E-state index is 0.0168. The minimum atomic E-state index is -4.29. The molecule has 1 fully saturated rings. The van der Waals surface area contributed by atoms with Gasteiger partial charge >= 0.3 is 22.1 Å². The molecule has 1 aliphatic rings. The molecule has 1 saturated heterocycles. The lowest BCUT2D eigenvalue weighted by atomic mass is 9.96. The summed E-state index contributed by atoms with van der Waals surface area (Å²) in [5.74, 6) is -8.42. The largest absolute Gasteiger partial charge is 0.481 e. The highest BCUT2D eigenvalue weighted by molar-refractivity contribution is 7.91. The molecule has 6 amide bonds. The molecule has 65 heavy (non-hydrogen) atoms. The van der Waals surface area contributed by atoms with Gasteiger partial charge in [0, 0.05) is 33.0 Å². The number of guanidine groups is 1. The van der Waals surface area contributed by atoms with Crippen LogP contribution in [0, 0.1) is 11.8 Å². The Bertz CT molecular complexity index is 2200. The SMILES string of the molecule is CCC(C)C(C(=O)N[C@@H](CC(=O)O)C(=O)N[C@@H](CCCN=C(N)N)C(=O)N[C@@H](CC(C)C)C(=O)O)N1CCC(N(C)C(=O)CCCC(=O)NS(=O)(=O)Nc2ccc3ccccc3c2)C1=O. The number of nitrogens with one attached hydrogen (secondary N) is 5. The van der Waals surface area contributed by atoms with Gasteiger partial charge in [-0.15, -0.1) is 0 Å². The van der Waals surface area contributed by atoms with Gasteiger partial charge < -0.3 is 47.4 Å². The molecule has 11 N–H and O–H groups in total. The highest BCUT2D eigenvalue weighted by Crippen LogP contribution is 2.25. The van der Waals surface area contributed by atoms with Gasteiger partial charge in [0.1, 0.15) is 30.2 Å². The number of carboxylic acids is 2. The third-order valence-electron chi connectivity index (χ3n) is 10.8. The van der Waals surface area contributed by atoms with Gasteiger partial charge in [0.2, 0.25) is 35.4 Å². The monoisotopic (exact) mass is 930 g/mol. The first kappa shape index (κ1) is 52.8. The van der Waals surface area contributed by atoms with Crippen LogP contribution in [0.4, 0.5) is 5.69 Å². The van der Waals surface area contributed by atoms with Crippen LogP contribution in [-0.4, -0.2) is 132 Å². The molecule has 0 aliphatic carbocycles. The number of benzene rings is 2. The van der Waals surface area contributed by atoms with Crippen molar-refractivity contribution in [2.45, 2.75) is 116 Å². The Morgan fingerprint density at radius 2 is 1.51 bits per heavy atom. The van der Waals surface area contributed by atoms with Crippen LogP contribution < -0.4 is 36.9 Å². The van der Waals surface area contributed by atoms with E-state index in [1.807, 2.05) is 16.9 Å². The summed E-state index contributed by atoms with van der Waals surface area (Å²) in [4.78, 5) is 111. The van der Waals surface area contributed by atoms with E-state index in [0.717, 1.165) is 10.8 Å². The van der Waals surface area contributed by atoms with E-state index >= 15 is 0 Å². The van der Waals surface area contributed by atoms with Gasteiger partial charge in [0.25, 0.3) is 0 Å². The van der Waals surface area contributed by atoms with Crippen LogP contribution in [-0.2, 0) is 48.6 Å². The molecule has 0 radical (unpaired) electrons. The third kappa shape index (κ3) is 16.5. The van der Waals surface area contributed by atoms with Crippen LogP contribution in [0.5, 0.6) is 0 Å². The molecule has 2 aromatic carbocycles. The summed E-state index contributed by atoms with van der Waals surface area (Å²) in [6, 6.07) is 5.55. The van der Waals surface area contributed by atoms with Gasteiger partial charge in [-0.25, -0.2) is 9.52 Å². The number of anilines is 1. The van der Waals surface area contributed by atoms with Crippen molar-refractivity contribution in [3.05, 3.63) is 42.5 Å². The van der Waals surface area contributed by atoms with Crippen molar-refractivity contribution >= 4 is 80.0 Å². The van der Waals surface area contributed by atoms with Crippen LogP contribution in [0.2, 0.25) is 0 Å². The molecule has 6 atom stereocenters. The number of fused-ring (bicyclic) bond motifs is 1. The van der Waals surface area contributed by atoms with Crippen LogP contribution in [0.3, 0.4) is 0 Å². The van der Waals surface area contributed by atoms with Crippen molar-refractivity contribution in [3.63, 3.8) is 0 Å². The number of carbonyl (C=O) groups excluding carboxylic acids is 6. The van der Waals surface area contributed by atoms with Crippen LogP contribution in [0.1, 0.15) is 85.5 Å². The summed E-state index contributed by atoms with van der Waals surface area (Å²) in [5.41, 5.74) is 11.0. The molecule has 0 spiro atoms. The number of hydrogen-bond acceptors (Lipinski definition) is 11. The Labute approximate surface area is 377 Å². The number of hydrogen-bond donors (Lipinski definition) is 9. The van der Waals surface area contributed by atoms with E-state index in [9.17, 15) is 57.0 Å². The normalized spacial score (nSPS) is 16.1. The van der Waals surface area contributed by atoms with Gasteiger partial charge in [-0.3, -0.25) is 43.3 Å². The molecule has 0 saturated carbocycles. The fourth-order valence-corrected chi connectivity index (χ4v) is 8.18. The van der Waals surface area contributed by atoms with E-state index in [4.69, 9.17) is 11.5 Å². The zero-order valence-corrected chi connectivity index (χ0v) is 38.1. The first-order valence-electron chi connectivity index (χ1n) is 21.3. The lowest BCUT2D eigenvalue weighted by Gasteiger charge is -2.33. The Morgan fingerprint density at radius 3 is 2.12 bits per heavy atom. The highest BCUT2D eigenvalue weighted by atomic mass is 32.2. The van der Waals surface area contributed by atoms with E-state index in [1.54, 1.807) is 58.0 Å². The number of rotatable bonds is 26. The number of likely N-dealkylation sites (N-methyl/N-ethyl adjacent to an activating group) is 1. The number of aliphatic imine (C=N–C) groups is 1. The molecule has 1 heterocycles. The average Bonchev–Trinajstić information content (AvgIpc) is 3.59. The lowest BCUT2D eigenvalue weighted by Crippen LogP contribution is -2.59. The van der Waals surface area contributed by atoms with Crippen molar-refractivity contribution in [2.24, 2.45) is 28.3 Å². The predicted molar refractivity (Wildman–Crippen MR) is 240 cm³/mol. The number of likely N-dealkylation sites (tertiary alicyclic amines) is 1. The third-order valence-corrected chi connectivity index (χ3v) is 11.8. The number of aliphatic carboxylic acids is 2. The standard InChI is InChI=1S/C42H62N10O12S/c1-6-25(4)36(39(59)47-30(23-35(55)56)38(58)46-29(13-10-19-45-42(43)44)37(57)48-31(41(61)62)21-24(2)3)52-20-18-32(40(52)60)51(5)34(54)15-9-14-33(53)50-65(63,64)49-28-17-16-26-11-7-8-12-27(26)22-28/h7-8,11-12,16-17,22,24-25,29-32,36,49H,6,9-10,13-15,18-21,23H2,1-5H3,(H,46,58)(H,47,59)(H,48,57)(H,50,53)(H,55,56)(H,61,62)(H4,43,44,45)/t25?,29-,30-,31-,32?,36?/m0/s1. The molecular weight excluding hydrogens is 869 g/mol. The summed E-state index contributed by atoms with van der Waals surface area (Å²) >= 11 is 0. The summed E-state index contributed by atoms with van der Waals surface area (Å²) < 4.78 is 29.5. The zero-order chi connectivity index (χ0) is 48.6. The van der Waals surface area contributed by atoms with E-state index in [1.165, 1.54) is 16.8 Å². The Kier molecular flexibility index (Phi) is 19.9. The maximum absolute atomic E-state index is 14.0. The van der Waals surface area contributed by atoms with Crippen molar-refractivity contribution in [2.75, 3.05) is 24.9 Å². The van der Waals surface area contributed by atoms with Gasteiger partial charge in [-0.05, 0) is 66.8 Å². The van der Waals surface area contributed by atoms with Crippen molar-refractivity contribution in [3.8, 4) is 0 Å². The summed E-state index contributed by atoms with van der Waals surface area (Å²) in [6.07, 6.45) is -0.904. The topological polar surface area (TPSA) is 342 Å². The predicted octanol–water partition coefficient (Wildman–Crippen LogP) is 0.370. The van der Waals surface area contributed by atoms with Crippen LogP contribution in [0.25, 0.3) is 10.8 Å². The molecule has 3 rings (SSSR count). The zero-order valence-electron chi connectivity index (χ0n) is 37.2.